The summed E-state index contributed by atoms with van der Waals surface area (Å²) >= 11 is 0. The summed E-state index contributed by atoms with van der Waals surface area (Å²) in [7, 11) is 0.779. The van der Waals surface area contributed by atoms with Crippen LogP contribution in [0.4, 0.5) is 0 Å². The molecule has 116 valence electrons. The molecule has 0 N–H and O–H groups in total. The van der Waals surface area contributed by atoms with E-state index in [4.69, 9.17) is 9.47 Å². The summed E-state index contributed by atoms with van der Waals surface area (Å²) in [5.74, 6) is 1.91. The number of ether oxygens (including phenoxy) is 2. The Morgan fingerprint density at radius 2 is 1.86 bits per heavy atom. The topological polar surface area (TPSA) is 35.5 Å². The first kappa shape index (κ1) is 16.3. The van der Waals surface area contributed by atoms with Crippen LogP contribution in [0.1, 0.15) is 11.1 Å². The second-order valence-electron chi connectivity index (χ2n) is 4.80. The highest BCUT2D eigenvalue weighted by Crippen LogP contribution is 2.32. The van der Waals surface area contributed by atoms with Gasteiger partial charge in [-0.25, -0.2) is 0 Å². The molecule has 0 saturated carbocycles. The zero-order valence-corrected chi connectivity index (χ0v) is 13.6. The molecule has 0 amide bonds. The Morgan fingerprint density at radius 3 is 2.55 bits per heavy atom. The van der Waals surface area contributed by atoms with Gasteiger partial charge < -0.3 is 9.47 Å². The number of hydrogen-bond donors (Lipinski definition) is 0. The molecule has 4 heteroatoms. The molecule has 0 fully saturated rings. The quantitative estimate of drug-likeness (QED) is 0.782. The highest BCUT2D eigenvalue weighted by molar-refractivity contribution is 7.84. The van der Waals surface area contributed by atoms with Crippen molar-refractivity contribution in [2.24, 2.45) is 0 Å². The molecule has 2 aromatic carbocycles. The lowest BCUT2D eigenvalue weighted by Crippen LogP contribution is -1.99. The van der Waals surface area contributed by atoms with Crippen LogP contribution in [0, 0.1) is 0 Å². The smallest absolute Gasteiger partial charge is 0.168 e. The Balaban J connectivity index is 2.19. The molecule has 0 spiro atoms. The van der Waals surface area contributed by atoms with Crippen LogP contribution in [-0.2, 0) is 17.4 Å². The van der Waals surface area contributed by atoms with Crippen LogP contribution in [0.25, 0.3) is 6.08 Å². The van der Waals surface area contributed by atoms with Crippen LogP contribution in [0.3, 0.4) is 0 Å². The summed E-state index contributed by atoms with van der Waals surface area (Å²) in [4.78, 5) is 0. The van der Waals surface area contributed by atoms with E-state index in [-0.39, 0.29) is 0 Å². The van der Waals surface area contributed by atoms with Gasteiger partial charge in [-0.2, -0.15) is 0 Å². The van der Waals surface area contributed by atoms with Gasteiger partial charge in [0, 0.05) is 28.4 Å². The maximum absolute atomic E-state index is 11.2. The third-order valence-electron chi connectivity index (χ3n) is 3.08. The third-order valence-corrected chi connectivity index (χ3v) is 3.75. The molecule has 0 aliphatic rings. The standard InChI is InChI=1S/C18H20O3S/c1-20-17-12-6-10-16(11-7-13-22(2)19)18(17)21-14-15-8-4-3-5-9-15/h3-12H,13-14H2,1-2H3/b11-7+. The van der Waals surface area contributed by atoms with Crippen molar-refractivity contribution in [3.63, 3.8) is 0 Å². The molecule has 22 heavy (non-hydrogen) atoms. The first-order valence-electron chi connectivity index (χ1n) is 7.01. The number of methoxy groups -OCH3 is 1. The minimum absolute atomic E-state index is 0.474. The fraction of sp³-hybridized carbons (Fsp3) is 0.222. The van der Waals surface area contributed by atoms with Crippen molar-refractivity contribution in [1.29, 1.82) is 0 Å². The SMILES string of the molecule is COc1cccc(/C=C/CS(C)=O)c1OCc1ccccc1. The Hall–Kier alpha value is -2.07. The van der Waals surface area contributed by atoms with Gasteiger partial charge in [0.1, 0.15) is 6.61 Å². The van der Waals surface area contributed by atoms with E-state index in [1.165, 1.54) is 0 Å². The number of hydrogen-bond acceptors (Lipinski definition) is 3. The van der Waals surface area contributed by atoms with E-state index in [0.717, 1.165) is 11.1 Å². The van der Waals surface area contributed by atoms with Crippen molar-refractivity contribution in [2.45, 2.75) is 6.61 Å². The van der Waals surface area contributed by atoms with Crippen molar-refractivity contribution in [3.8, 4) is 11.5 Å². The van der Waals surface area contributed by atoms with Gasteiger partial charge in [-0.1, -0.05) is 54.6 Å². The molecular formula is C18H20O3S. The first-order chi connectivity index (χ1) is 10.7. The van der Waals surface area contributed by atoms with Crippen molar-refractivity contribution in [3.05, 3.63) is 65.7 Å². The molecule has 0 aromatic heterocycles. The van der Waals surface area contributed by atoms with Crippen molar-refractivity contribution in [1.82, 2.24) is 0 Å². The molecule has 2 aromatic rings. The van der Waals surface area contributed by atoms with Gasteiger partial charge >= 0.3 is 0 Å². The molecule has 0 saturated heterocycles. The maximum atomic E-state index is 11.2. The summed E-state index contributed by atoms with van der Waals surface area (Å²) in [6.07, 6.45) is 5.49. The predicted molar refractivity (Wildman–Crippen MR) is 91.7 cm³/mol. The summed E-state index contributed by atoms with van der Waals surface area (Å²) in [6.45, 7) is 0.474. The van der Waals surface area contributed by atoms with Gasteiger partial charge in [0.15, 0.2) is 11.5 Å². The minimum atomic E-state index is -0.845. The number of para-hydroxylation sites is 1. The van der Waals surface area contributed by atoms with Gasteiger partial charge in [-0.15, -0.1) is 0 Å². The van der Waals surface area contributed by atoms with Crippen molar-refractivity contribution >= 4 is 16.9 Å². The van der Waals surface area contributed by atoms with Crippen molar-refractivity contribution in [2.75, 3.05) is 19.1 Å². The van der Waals surface area contributed by atoms with E-state index in [9.17, 15) is 4.21 Å². The Morgan fingerprint density at radius 1 is 1.09 bits per heavy atom. The molecule has 1 atom stereocenters. The summed E-state index contributed by atoms with van der Waals surface area (Å²) in [5, 5.41) is 0. The average molecular weight is 316 g/mol. The number of rotatable bonds is 7. The lowest BCUT2D eigenvalue weighted by Gasteiger charge is -2.13. The summed E-state index contributed by atoms with van der Waals surface area (Å²) < 4.78 is 22.5. The van der Waals surface area contributed by atoms with Crippen molar-refractivity contribution < 1.29 is 13.7 Å². The Bertz CT molecular complexity index is 651. The summed E-state index contributed by atoms with van der Waals surface area (Å²) in [6, 6.07) is 15.7. The highest BCUT2D eigenvalue weighted by Gasteiger charge is 2.09. The Kier molecular flexibility index (Phi) is 6.22. The molecule has 0 aliphatic carbocycles. The lowest BCUT2D eigenvalue weighted by atomic mass is 10.1. The summed E-state index contributed by atoms with van der Waals surface area (Å²) in [5.41, 5.74) is 2.01. The molecule has 0 aliphatic heterocycles. The normalized spacial score (nSPS) is 12.3. The fourth-order valence-electron chi connectivity index (χ4n) is 2.02. The van der Waals surface area contributed by atoms with E-state index in [2.05, 4.69) is 0 Å². The van der Waals surface area contributed by atoms with Gasteiger partial charge in [-0.3, -0.25) is 4.21 Å². The van der Waals surface area contributed by atoms with E-state index >= 15 is 0 Å². The highest BCUT2D eigenvalue weighted by atomic mass is 32.2. The average Bonchev–Trinajstić information content (AvgIpc) is 2.54. The largest absolute Gasteiger partial charge is 0.493 e. The zero-order valence-electron chi connectivity index (χ0n) is 12.8. The lowest BCUT2D eigenvalue weighted by molar-refractivity contribution is 0.284. The number of benzene rings is 2. The van der Waals surface area contributed by atoms with Gasteiger partial charge in [0.2, 0.25) is 0 Å². The van der Waals surface area contributed by atoms with E-state index in [1.807, 2.05) is 60.7 Å². The third kappa shape index (κ3) is 4.74. The van der Waals surface area contributed by atoms with E-state index in [1.54, 1.807) is 13.4 Å². The van der Waals surface area contributed by atoms with Gasteiger partial charge in [0.25, 0.3) is 0 Å². The van der Waals surface area contributed by atoms with Crippen LogP contribution in [0.15, 0.2) is 54.6 Å². The molecule has 1 unspecified atom stereocenters. The Labute approximate surface area is 134 Å². The molecule has 0 bridgehead atoms. The first-order valence-corrected chi connectivity index (χ1v) is 8.73. The molecule has 3 nitrogen and oxygen atoms in total. The van der Waals surface area contributed by atoms with Crippen LogP contribution in [0.2, 0.25) is 0 Å². The van der Waals surface area contributed by atoms with E-state index < -0.39 is 10.8 Å². The molecule has 0 radical (unpaired) electrons. The second kappa shape index (κ2) is 8.39. The zero-order chi connectivity index (χ0) is 15.8. The molecular weight excluding hydrogens is 296 g/mol. The molecule has 2 rings (SSSR count). The minimum Gasteiger partial charge on any atom is -0.493 e. The van der Waals surface area contributed by atoms with Crippen LogP contribution in [0.5, 0.6) is 11.5 Å². The second-order valence-corrected chi connectivity index (χ2v) is 6.27. The fourth-order valence-corrected chi connectivity index (χ4v) is 2.39. The predicted octanol–water partition coefficient (Wildman–Crippen LogP) is 3.67. The van der Waals surface area contributed by atoms with E-state index in [0.29, 0.717) is 23.9 Å². The maximum Gasteiger partial charge on any atom is 0.168 e. The van der Waals surface area contributed by atoms with Crippen LogP contribution >= 0.6 is 0 Å². The van der Waals surface area contributed by atoms with Crippen LogP contribution < -0.4 is 9.47 Å². The van der Waals surface area contributed by atoms with Gasteiger partial charge in [-0.05, 0) is 11.6 Å². The van der Waals surface area contributed by atoms with Crippen LogP contribution in [-0.4, -0.2) is 23.3 Å². The molecule has 0 heterocycles. The monoisotopic (exact) mass is 316 g/mol. The van der Waals surface area contributed by atoms with Gasteiger partial charge in [0.05, 0.1) is 7.11 Å².